The molecule has 0 aromatic heterocycles. The van der Waals surface area contributed by atoms with E-state index in [0.29, 0.717) is 0 Å². The van der Waals surface area contributed by atoms with E-state index in [-0.39, 0.29) is 0 Å². The van der Waals surface area contributed by atoms with Crippen LogP contribution in [-0.4, -0.2) is 13.1 Å². The molecule has 1 N–H and O–H groups in total. The minimum atomic E-state index is 0.880. The van der Waals surface area contributed by atoms with Gasteiger partial charge in [0, 0.05) is 0 Å². The maximum Gasteiger partial charge on any atom is -0.00178 e. The largest absolute Gasteiger partial charge is 0.316 e. The van der Waals surface area contributed by atoms with Crippen LogP contribution in [0.2, 0.25) is 0 Å². The van der Waals surface area contributed by atoms with Crippen LogP contribution in [0.25, 0.3) is 0 Å². The van der Waals surface area contributed by atoms with Crippen molar-refractivity contribution in [1.29, 1.82) is 0 Å². The summed E-state index contributed by atoms with van der Waals surface area (Å²) in [5, 5.41) is 3.46. The molecule has 12 heavy (non-hydrogen) atoms. The van der Waals surface area contributed by atoms with Crippen molar-refractivity contribution >= 4 is 22.6 Å². The zero-order chi connectivity index (χ0) is 8.97. The van der Waals surface area contributed by atoms with Gasteiger partial charge in [0.05, 0.1) is 0 Å². The van der Waals surface area contributed by atoms with Crippen LogP contribution in [0, 0.1) is 11.8 Å². The second-order valence-electron chi connectivity index (χ2n) is 3.79. The zero-order valence-electron chi connectivity index (χ0n) is 7.78. The lowest BCUT2D eigenvalue weighted by molar-refractivity contribution is 0.261. The van der Waals surface area contributed by atoms with Gasteiger partial charge in [-0.15, -0.1) is 0 Å². The molecule has 0 radical (unpaired) electrons. The van der Waals surface area contributed by atoms with Crippen LogP contribution in [0.4, 0.5) is 0 Å². The summed E-state index contributed by atoms with van der Waals surface area (Å²) in [5.74, 6) is 1.78. The van der Waals surface area contributed by atoms with Crippen LogP contribution in [0.3, 0.4) is 0 Å². The number of allylic oxidation sites excluding steroid dienone is 1. The molecule has 1 heterocycles. The summed E-state index contributed by atoms with van der Waals surface area (Å²) in [7, 11) is 0. The van der Waals surface area contributed by atoms with Crippen LogP contribution < -0.4 is 5.32 Å². The molecule has 0 amide bonds. The average molecular weight is 279 g/mol. The van der Waals surface area contributed by atoms with Crippen LogP contribution in [0.5, 0.6) is 0 Å². The number of hydrogen-bond acceptors (Lipinski definition) is 1. The third kappa shape index (κ3) is 3.44. The minimum Gasteiger partial charge on any atom is -0.316 e. The highest BCUT2D eigenvalue weighted by Gasteiger charge is 2.20. The Hall–Kier alpha value is 0.430. The lowest BCUT2D eigenvalue weighted by atomic mass is 9.85. The van der Waals surface area contributed by atoms with Gasteiger partial charge in [-0.25, -0.2) is 0 Å². The molecule has 2 atom stereocenters. The highest BCUT2D eigenvalue weighted by molar-refractivity contribution is 14.1. The highest BCUT2D eigenvalue weighted by atomic mass is 127. The summed E-state index contributed by atoms with van der Waals surface area (Å²) in [6.07, 6.45) is 3.85. The fourth-order valence-corrected chi connectivity index (χ4v) is 2.09. The van der Waals surface area contributed by atoms with Crippen molar-refractivity contribution in [3.63, 3.8) is 0 Å². The van der Waals surface area contributed by atoms with Crippen LogP contribution in [0.15, 0.2) is 10.2 Å². The predicted octanol–water partition coefficient (Wildman–Crippen LogP) is 2.96. The van der Waals surface area contributed by atoms with Gasteiger partial charge in [-0.3, -0.25) is 0 Å². The van der Waals surface area contributed by atoms with Crippen molar-refractivity contribution in [2.24, 2.45) is 11.8 Å². The summed E-state index contributed by atoms with van der Waals surface area (Å²) in [4.78, 5) is 0. The number of rotatable bonds is 3. The van der Waals surface area contributed by atoms with Gasteiger partial charge in [0.25, 0.3) is 0 Å². The lowest BCUT2D eigenvalue weighted by Gasteiger charge is -2.29. The molecular formula is C10H18IN. The van der Waals surface area contributed by atoms with E-state index in [0.717, 1.165) is 11.8 Å². The van der Waals surface area contributed by atoms with Crippen LogP contribution >= 0.6 is 22.6 Å². The zero-order valence-corrected chi connectivity index (χ0v) is 9.93. The van der Waals surface area contributed by atoms with Crippen molar-refractivity contribution in [1.82, 2.24) is 5.32 Å². The lowest BCUT2D eigenvalue weighted by Crippen LogP contribution is -2.35. The number of piperidine rings is 1. The van der Waals surface area contributed by atoms with E-state index >= 15 is 0 Å². The second-order valence-corrected chi connectivity index (χ2v) is 5.31. The molecule has 0 aromatic carbocycles. The fraction of sp³-hybridized carbons (Fsp3) is 0.800. The van der Waals surface area contributed by atoms with Gasteiger partial charge < -0.3 is 5.32 Å². The van der Waals surface area contributed by atoms with E-state index in [9.17, 15) is 0 Å². The summed E-state index contributed by atoms with van der Waals surface area (Å²) >= 11 is 2.33. The molecule has 2 unspecified atom stereocenters. The molecule has 0 spiro atoms. The van der Waals surface area contributed by atoms with E-state index < -0.39 is 0 Å². The third-order valence-corrected chi connectivity index (χ3v) is 3.31. The SMILES string of the molecule is C=C(I)CCC1CNCCC1C. The van der Waals surface area contributed by atoms with Crippen molar-refractivity contribution in [2.45, 2.75) is 26.2 Å². The molecule has 1 fully saturated rings. The van der Waals surface area contributed by atoms with E-state index in [2.05, 4.69) is 41.4 Å². The first kappa shape index (κ1) is 10.5. The maximum absolute atomic E-state index is 3.93. The normalized spacial score (nSPS) is 30.2. The molecule has 1 aliphatic heterocycles. The first-order valence-corrected chi connectivity index (χ1v) is 5.82. The molecule has 0 aromatic rings. The Kier molecular flexibility index (Phi) is 4.57. The van der Waals surface area contributed by atoms with Gasteiger partial charge in [0.15, 0.2) is 0 Å². The Morgan fingerprint density at radius 2 is 2.42 bits per heavy atom. The molecule has 1 nitrogen and oxygen atoms in total. The molecule has 1 saturated heterocycles. The Morgan fingerprint density at radius 1 is 1.67 bits per heavy atom. The summed E-state index contributed by atoms with van der Waals surface area (Å²) < 4.78 is 1.30. The molecule has 0 bridgehead atoms. The van der Waals surface area contributed by atoms with Gasteiger partial charge in [-0.2, -0.15) is 0 Å². The van der Waals surface area contributed by atoms with Gasteiger partial charge in [0.1, 0.15) is 0 Å². The first-order chi connectivity index (χ1) is 5.70. The monoisotopic (exact) mass is 279 g/mol. The minimum absolute atomic E-state index is 0.880. The van der Waals surface area contributed by atoms with Gasteiger partial charge in [-0.1, -0.05) is 13.5 Å². The van der Waals surface area contributed by atoms with Gasteiger partial charge >= 0.3 is 0 Å². The molecule has 1 aliphatic rings. The van der Waals surface area contributed by atoms with Crippen molar-refractivity contribution in [2.75, 3.05) is 13.1 Å². The molecule has 0 saturated carbocycles. The van der Waals surface area contributed by atoms with Gasteiger partial charge in [0.2, 0.25) is 0 Å². The molecule has 1 rings (SSSR count). The first-order valence-electron chi connectivity index (χ1n) is 4.74. The molecule has 2 heteroatoms. The predicted molar refractivity (Wildman–Crippen MR) is 62.5 cm³/mol. The Morgan fingerprint density at radius 3 is 3.00 bits per heavy atom. The summed E-state index contributed by atoms with van der Waals surface area (Å²) in [6.45, 7) is 8.73. The molecule has 0 aliphatic carbocycles. The molecular weight excluding hydrogens is 261 g/mol. The van der Waals surface area contributed by atoms with Crippen LogP contribution in [-0.2, 0) is 0 Å². The second kappa shape index (κ2) is 5.22. The van der Waals surface area contributed by atoms with Crippen LogP contribution in [0.1, 0.15) is 26.2 Å². The Balaban J connectivity index is 2.24. The van der Waals surface area contributed by atoms with Crippen molar-refractivity contribution < 1.29 is 0 Å². The van der Waals surface area contributed by atoms with Crippen molar-refractivity contribution in [3.05, 3.63) is 10.2 Å². The third-order valence-electron chi connectivity index (χ3n) is 2.77. The maximum atomic E-state index is 3.93. The number of hydrogen-bond donors (Lipinski definition) is 1. The van der Waals surface area contributed by atoms with E-state index in [1.807, 2.05) is 0 Å². The molecule has 70 valence electrons. The highest BCUT2D eigenvalue weighted by Crippen LogP contribution is 2.25. The van der Waals surface area contributed by atoms with Gasteiger partial charge in [-0.05, 0) is 70.4 Å². The van der Waals surface area contributed by atoms with E-state index in [4.69, 9.17) is 0 Å². The summed E-state index contributed by atoms with van der Waals surface area (Å²) in [6, 6.07) is 0. The van der Waals surface area contributed by atoms with E-state index in [1.165, 1.54) is 35.9 Å². The fourth-order valence-electron chi connectivity index (χ4n) is 1.78. The number of halogens is 1. The standard InChI is InChI=1S/C10H18IN/c1-8-5-6-12-7-10(8)4-3-9(2)11/h8,10,12H,2-7H2,1H3. The smallest absolute Gasteiger partial charge is 0.00178 e. The summed E-state index contributed by atoms with van der Waals surface area (Å²) in [5.41, 5.74) is 0. The quantitative estimate of drug-likeness (QED) is 0.783. The Bertz CT molecular complexity index is 156. The number of nitrogens with one attached hydrogen (secondary N) is 1. The van der Waals surface area contributed by atoms with Crippen molar-refractivity contribution in [3.8, 4) is 0 Å². The Labute approximate surface area is 89.1 Å². The average Bonchev–Trinajstić information content (AvgIpc) is 2.03. The topological polar surface area (TPSA) is 12.0 Å². The van der Waals surface area contributed by atoms with E-state index in [1.54, 1.807) is 0 Å².